The third-order valence-corrected chi connectivity index (χ3v) is 6.39. The van der Waals surface area contributed by atoms with Gasteiger partial charge in [0.25, 0.3) is 11.8 Å². The van der Waals surface area contributed by atoms with E-state index in [0.29, 0.717) is 17.9 Å². The predicted octanol–water partition coefficient (Wildman–Crippen LogP) is 1.55. The highest BCUT2D eigenvalue weighted by Gasteiger charge is 2.27. The van der Waals surface area contributed by atoms with Gasteiger partial charge in [0.15, 0.2) is 11.9 Å². The second-order valence-corrected chi connectivity index (χ2v) is 9.17. The topological polar surface area (TPSA) is 127 Å². The van der Waals surface area contributed by atoms with E-state index in [1.54, 1.807) is 49.4 Å². The number of ether oxygens (including phenoxy) is 1. The minimum Gasteiger partial charge on any atom is -0.497 e. The summed E-state index contributed by atoms with van der Waals surface area (Å²) in [7, 11) is 7.30. The highest BCUT2D eigenvalue weighted by Crippen LogP contribution is 2.25. The Balaban J connectivity index is 0.000000268. The fourth-order valence-electron chi connectivity index (χ4n) is 3.87. The second kappa shape index (κ2) is 13.3. The van der Waals surface area contributed by atoms with Crippen molar-refractivity contribution in [1.29, 1.82) is 0 Å². The third kappa shape index (κ3) is 7.49. The van der Waals surface area contributed by atoms with E-state index in [1.807, 2.05) is 31.1 Å². The van der Waals surface area contributed by atoms with Crippen LogP contribution in [-0.4, -0.2) is 97.5 Å². The summed E-state index contributed by atoms with van der Waals surface area (Å²) in [4.78, 5) is 39.8. The van der Waals surface area contributed by atoms with Crippen LogP contribution < -0.4 is 15.4 Å². The molecule has 1 atom stereocenters. The number of nitrogens with zero attached hydrogens (tertiary/aromatic N) is 4. The summed E-state index contributed by atoms with van der Waals surface area (Å²) in [6, 6.07) is 11.4. The number of amides is 4. The van der Waals surface area contributed by atoms with Crippen molar-refractivity contribution in [3.05, 3.63) is 64.7 Å². The van der Waals surface area contributed by atoms with Crippen LogP contribution in [-0.2, 0) is 11.3 Å². The molecule has 39 heavy (non-hydrogen) atoms. The number of amidine groups is 1. The van der Waals surface area contributed by atoms with Crippen LogP contribution in [0, 0.1) is 11.8 Å². The molecule has 2 aliphatic heterocycles. The van der Waals surface area contributed by atoms with Crippen molar-refractivity contribution in [1.82, 2.24) is 25.3 Å². The summed E-state index contributed by atoms with van der Waals surface area (Å²) in [6.07, 6.45) is 0. The van der Waals surface area contributed by atoms with Gasteiger partial charge in [0, 0.05) is 50.4 Å². The van der Waals surface area contributed by atoms with Crippen LogP contribution in [0.3, 0.4) is 0 Å². The van der Waals surface area contributed by atoms with Gasteiger partial charge in [-0.3, -0.25) is 14.9 Å². The minimum absolute atomic E-state index is 0.0777. The van der Waals surface area contributed by atoms with Gasteiger partial charge in [-0.05, 0) is 55.6 Å². The first kappa shape index (κ1) is 29.0. The van der Waals surface area contributed by atoms with Gasteiger partial charge >= 0.3 is 6.03 Å². The van der Waals surface area contributed by atoms with Crippen LogP contribution in [0.1, 0.15) is 34.0 Å². The zero-order valence-corrected chi connectivity index (χ0v) is 22.8. The van der Waals surface area contributed by atoms with Crippen LogP contribution in [0.5, 0.6) is 5.75 Å². The molecule has 11 nitrogen and oxygen atoms in total. The summed E-state index contributed by atoms with van der Waals surface area (Å²) in [6.45, 7) is 5.32. The predicted molar refractivity (Wildman–Crippen MR) is 147 cm³/mol. The molecule has 2 heterocycles. The van der Waals surface area contributed by atoms with E-state index >= 15 is 0 Å². The molecule has 2 aromatic rings. The van der Waals surface area contributed by atoms with Crippen molar-refractivity contribution >= 4 is 23.7 Å². The molecule has 206 valence electrons. The number of methoxy groups -OCH3 is 1. The van der Waals surface area contributed by atoms with E-state index in [2.05, 4.69) is 39.5 Å². The van der Waals surface area contributed by atoms with Gasteiger partial charge in [-0.2, -0.15) is 0 Å². The summed E-state index contributed by atoms with van der Waals surface area (Å²) >= 11 is 0. The Morgan fingerprint density at radius 2 is 1.87 bits per heavy atom. The van der Waals surface area contributed by atoms with E-state index in [4.69, 9.17) is 4.74 Å². The Labute approximate surface area is 228 Å². The normalized spacial score (nSPS) is 16.1. The molecule has 4 amide bonds. The molecule has 11 heteroatoms. The van der Waals surface area contributed by atoms with E-state index in [-0.39, 0.29) is 5.91 Å². The van der Waals surface area contributed by atoms with Gasteiger partial charge in [-0.15, -0.1) is 0 Å². The number of urea groups is 1. The third-order valence-electron chi connectivity index (χ3n) is 6.39. The number of hydrogen-bond acceptors (Lipinski definition) is 7. The van der Waals surface area contributed by atoms with Gasteiger partial charge < -0.3 is 30.0 Å². The van der Waals surface area contributed by atoms with Crippen molar-refractivity contribution in [2.45, 2.75) is 19.5 Å². The van der Waals surface area contributed by atoms with Crippen molar-refractivity contribution in [3.63, 3.8) is 0 Å². The molecular formula is C28H34N6O5. The summed E-state index contributed by atoms with van der Waals surface area (Å²) in [5.41, 5.74) is 3.29. The number of imide groups is 1. The first-order valence-electron chi connectivity index (χ1n) is 12.4. The second-order valence-electron chi connectivity index (χ2n) is 9.17. The lowest BCUT2D eigenvalue weighted by molar-refractivity contribution is -0.119. The number of oxime groups is 1. The lowest BCUT2D eigenvalue weighted by Gasteiger charge is -2.23. The maximum Gasteiger partial charge on any atom is 0.322 e. The average Bonchev–Trinajstić information content (AvgIpc) is 3.42. The average molecular weight is 535 g/mol. The number of likely N-dealkylation sites (N-methyl/N-ethyl adjacent to an activating group) is 2. The molecule has 2 aliphatic rings. The van der Waals surface area contributed by atoms with Gasteiger partial charge in [0.2, 0.25) is 0 Å². The molecule has 4 rings (SSSR count). The molecule has 3 N–H and O–H groups in total. The van der Waals surface area contributed by atoms with E-state index in [1.165, 1.54) is 0 Å². The minimum atomic E-state index is -0.835. The van der Waals surface area contributed by atoms with Gasteiger partial charge in [-0.25, -0.2) is 4.79 Å². The Hall–Kier alpha value is -4.56. The van der Waals surface area contributed by atoms with Crippen LogP contribution in [0.15, 0.2) is 47.6 Å². The van der Waals surface area contributed by atoms with Crippen LogP contribution in [0.4, 0.5) is 4.79 Å². The number of hydrogen-bond donors (Lipinski definition) is 3. The van der Waals surface area contributed by atoms with E-state index < -0.39 is 18.0 Å². The molecule has 1 fully saturated rings. The van der Waals surface area contributed by atoms with Crippen molar-refractivity contribution in [3.8, 4) is 17.6 Å². The van der Waals surface area contributed by atoms with Gasteiger partial charge in [0.1, 0.15) is 5.75 Å². The molecule has 0 aliphatic carbocycles. The molecule has 2 aromatic carbocycles. The lowest BCUT2D eigenvalue weighted by Crippen LogP contribution is -2.35. The van der Waals surface area contributed by atoms with Crippen molar-refractivity contribution < 1.29 is 24.3 Å². The fraction of sp³-hybridized carbons (Fsp3) is 0.357. The number of nitrogens with one attached hydrogen (secondary N) is 2. The molecule has 1 unspecified atom stereocenters. The van der Waals surface area contributed by atoms with Crippen LogP contribution in [0.25, 0.3) is 0 Å². The Morgan fingerprint density at radius 1 is 1.15 bits per heavy atom. The largest absolute Gasteiger partial charge is 0.497 e. The number of carbonyl (C=O) groups is 3. The quantitative estimate of drug-likeness (QED) is 0.128. The van der Waals surface area contributed by atoms with Crippen molar-refractivity contribution in [2.75, 3.05) is 47.9 Å². The lowest BCUT2D eigenvalue weighted by atomic mass is 10.1. The molecule has 0 saturated carbocycles. The number of rotatable bonds is 6. The Kier molecular flexibility index (Phi) is 9.89. The highest BCUT2D eigenvalue weighted by atomic mass is 16.5. The summed E-state index contributed by atoms with van der Waals surface area (Å²) in [5.74, 6) is 6.40. The number of fused-ring (bicyclic) bond motifs is 1. The van der Waals surface area contributed by atoms with Crippen molar-refractivity contribution in [2.24, 2.45) is 5.16 Å². The Bertz CT molecular complexity index is 1300. The highest BCUT2D eigenvalue weighted by molar-refractivity contribution is 6.06. The van der Waals surface area contributed by atoms with E-state index in [0.717, 1.165) is 42.1 Å². The summed E-state index contributed by atoms with van der Waals surface area (Å²) < 4.78 is 5.05. The fourth-order valence-corrected chi connectivity index (χ4v) is 3.87. The zero-order chi connectivity index (χ0) is 28.5. The van der Waals surface area contributed by atoms with Gasteiger partial charge in [-0.1, -0.05) is 30.0 Å². The smallest absolute Gasteiger partial charge is 0.322 e. The molecule has 1 saturated heterocycles. The van der Waals surface area contributed by atoms with Crippen LogP contribution in [0.2, 0.25) is 0 Å². The molecular weight excluding hydrogens is 500 g/mol. The first-order valence-corrected chi connectivity index (χ1v) is 12.4. The molecule has 0 radical (unpaired) electrons. The van der Waals surface area contributed by atoms with Gasteiger partial charge in [0.05, 0.1) is 7.11 Å². The molecule has 0 aromatic heterocycles. The summed E-state index contributed by atoms with van der Waals surface area (Å²) in [5, 5.41) is 17.3. The number of carbonyl (C=O) groups excluding carboxylic acids is 3. The standard InChI is InChI=1S/C18H23N5O3.C10H11NO2/c1-4-22(2)11-12-23(3)16(21-26)14-8-5-13(6-9-14)7-10-15-17(24)20-18(25)19-15;1-11-6-7-3-4-8(13-2)5-9(7)10(11)12/h5-6,8-9,15,26H,4,11-12H2,1-3H3,(H2,19,20,24,25);3-5H,6H2,1-2H3/b21-16-;. The monoisotopic (exact) mass is 534 g/mol. The maximum atomic E-state index is 11.5. The first-order chi connectivity index (χ1) is 18.7. The SMILES string of the molecule is CCN(C)CCN(C)/C(=N\O)c1ccc(C#CC2NC(=O)NC2=O)cc1.COc1ccc2c(c1)C(=O)N(C)C2. The molecule has 0 bridgehead atoms. The zero-order valence-electron chi connectivity index (χ0n) is 22.8. The molecule has 0 spiro atoms. The van der Waals surface area contributed by atoms with Crippen LogP contribution >= 0.6 is 0 Å². The number of benzene rings is 2. The Morgan fingerprint density at radius 3 is 2.46 bits per heavy atom. The maximum absolute atomic E-state index is 11.5. The van der Waals surface area contributed by atoms with E-state index in [9.17, 15) is 19.6 Å².